The fourth-order valence-corrected chi connectivity index (χ4v) is 1.99. The van der Waals surface area contributed by atoms with Crippen LogP contribution in [0, 0.1) is 6.92 Å². The molecule has 1 heterocycles. The van der Waals surface area contributed by atoms with Crippen LogP contribution in [0.1, 0.15) is 17.9 Å². The van der Waals surface area contributed by atoms with Gasteiger partial charge in [0.1, 0.15) is 5.52 Å². The molecule has 0 aliphatic heterocycles. The quantitative estimate of drug-likeness (QED) is 0.733. The van der Waals surface area contributed by atoms with E-state index in [4.69, 9.17) is 4.42 Å². The van der Waals surface area contributed by atoms with Crippen LogP contribution in [-0.2, 0) is 6.42 Å². The molecule has 0 bridgehead atoms. The SMILES string of the molecule is CNCCCNCCc1ccc2oc(C)nc2c1. The highest BCUT2D eigenvalue weighted by Gasteiger charge is 2.02. The Morgan fingerprint density at radius 1 is 1.22 bits per heavy atom. The molecule has 2 aromatic rings. The maximum Gasteiger partial charge on any atom is 0.192 e. The van der Waals surface area contributed by atoms with Gasteiger partial charge in [-0.05, 0) is 57.2 Å². The molecule has 1 aromatic carbocycles. The van der Waals surface area contributed by atoms with E-state index in [1.807, 2.05) is 20.0 Å². The van der Waals surface area contributed by atoms with E-state index < -0.39 is 0 Å². The minimum absolute atomic E-state index is 0.729. The molecule has 0 aliphatic rings. The number of nitrogens with one attached hydrogen (secondary N) is 2. The van der Waals surface area contributed by atoms with Crippen LogP contribution in [0.3, 0.4) is 0 Å². The molecule has 2 rings (SSSR count). The number of benzene rings is 1. The summed E-state index contributed by atoms with van der Waals surface area (Å²) < 4.78 is 5.46. The van der Waals surface area contributed by atoms with Crippen molar-refractivity contribution in [2.24, 2.45) is 0 Å². The van der Waals surface area contributed by atoms with Crippen LogP contribution in [0.4, 0.5) is 0 Å². The predicted octanol–water partition coefficient (Wildman–Crippen LogP) is 1.88. The van der Waals surface area contributed by atoms with Crippen LogP contribution in [-0.4, -0.2) is 31.7 Å². The molecule has 0 radical (unpaired) electrons. The molecule has 0 atom stereocenters. The zero-order chi connectivity index (χ0) is 12.8. The van der Waals surface area contributed by atoms with Crippen LogP contribution in [0.2, 0.25) is 0 Å². The van der Waals surface area contributed by atoms with E-state index >= 15 is 0 Å². The molecule has 0 aliphatic carbocycles. The number of aromatic nitrogens is 1. The molecule has 0 fully saturated rings. The summed E-state index contributed by atoms with van der Waals surface area (Å²) in [5, 5.41) is 6.58. The second kappa shape index (κ2) is 6.52. The van der Waals surface area contributed by atoms with Crippen LogP contribution >= 0.6 is 0 Å². The molecular formula is C14H21N3O. The summed E-state index contributed by atoms with van der Waals surface area (Å²) in [5.41, 5.74) is 3.13. The van der Waals surface area contributed by atoms with Gasteiger partial charge in [0.25, 0.3) is 0 Å². The van der Waals surface area contributed by atoms with Crippen molar-refractivity contribution in [1.29, 1.82) is 0 Å². The topological polar surface area (TPSA) is 50.1 Å². The summed E-state index contributed by atoms with van der Waals surface area (Å²) in [6, 6.07) is 6.23. The van der Waals surface area contributed by atoms with Crippen molar-refractivity contribution in [2.45, 2.75) is 19.8 Å². The summed E-state index contributed by atoms with van der Waals surface area (Å²) in [6.45, 7) is 5.01. The maximum atomic E-state index is 5.46. The second-order valence-corrected chi connectivity index (χ2v) is 4.49. The lowest BCUT2D eigenvalue weighted by atomic mass is 10.1. The van der Waals surface area contributed by atoms with E-state index in [1.54, 1.807) is 0 Å². The van der Waals surface area contributed by atoms with Gasteiger partial charge in [0.05, 0.1) is 0 Å². The van der Waals surface area contributed by atoms with E-state index in [-0.39, 0.29) is 0 Å². The van der Waals surface area contributed by atoms with Crippen LogP contribution in [0.5, 0.6) is 0 Å². The van der Waals surface area contributed by atoms with Crippen molar-refractivity contribution in [2.75, 3.05) is 26.7 Å². The van der Waals surface area contributed by atoms with Gasteiger partial charge < -0.3 is 15.1 Å². The highest BCUT2D eigenvalue weighted by atomic mass is 16.3. The van der Waals surface area contributed by atoms with Crippen LogP contribution < -0.4 is 10.6 Å². The lowest BCUT2D eigenvalue weighted by Gasteiger charge is -2.04. The third kappa shape index (κ3) is 3.55. The van der Waals surface area contributed by atoms with Gasteiger partial charge in [-0.1, -0.05) is 6.07 Å². The molecule has 2 N–H and O–H groups in total. The zero-order valence-electron chi connectivity index (χ0n) is 11.1. The van der Waals surface area contributed by atoms with Gasteiger partial charge in [-0.2, -0.15) is 0 Å². The molecule has 0 amide bonds. The third-order valence-electron chi connectivity index (χ3n) is 2.93. The van der Waals surface area contributed by atoms with Gasteiger partial charge in [0.15, 0.2) is 11.5 Å². The van der Waals surface area contributed by atoms with Crippen molar-refractivity contribution in [1.82, 2.24) is 15.6 Å². The van der Waals surface area contributed by atoms with Crippen molar-refractivity contribution in [3.05, 3.63) is 29.7 Å². The van der Waals surface area contributed by atoms with Crippen molar-refractivity contribution in [3.8, 4) is 0 Å². The maximum absolute atomic E-state index is 5.46. The number of nitrogens with zero attached hydrogens (tertiary/aromatic N) is 1. The molecule has 98 valence electrons. The van der Waals surface area contributed by atoms with Gasteiger partial charge >= 0.3 is 0 Å². The largest absolute Gasteiger partial charge is 0.441 e. The average Bonchev–Trinajstić information content (AvgIpc) is 2.73. The highest BCUT2D eigenvalue weighted by Crippen LogP contribution is 2.16. The molecule has 0 saturated heterocycles. The summed E-state index contributed by atoms with van der Waals surface area (Å²) in [6.07, 6.45) is 2.19. The Labute approximate surface area is 108 Å². The van der Waals surface area contributed by atoms with Crippen molar-refractivity contribution < 1.29 is 4.42 Å². The van der Waals surface area contributed by atoms with Crippen molar-refractivity contribution in [3.63, 3.8) is 0 Å². The Morgan fingerprint density at radius 2 is 2.11 bits per heavy atom. The minimum atomic E-state index is 0.729. The first kappa shape index (κ1) is 13.1. The van der Waals surface area contributed by atoms with Gasteiger partial charge in [0, 0.05) is 6.92 Å². The Morgan fingerprint density at radius 3 is 2.94 bits per heavy atom. The molecule has 4 heteroatoms. The molecule has 1 aromatic heterocycles. The van der Waals surface area contributed by atoms with Gasteiger partial charge in [0.2, 0.25) is 0 Å². The third-order valence-corrected chi connectivity index (χ3v) is 2.93. The Kier molecular flexibility index (Phi) is 4.73. The van der Waals surface area contributed by atoms with E-state index in [0.717, 1.165) is 49.5 Å². The Hall–Kier alpha value is -1.39. The smallest absolute Gasteiger partial charge is 0.192 e. The fourth-order valence-electron chi connectivity index (χ4n) is 1.99. The van der Waals surface area contributed by atoms with Gasteiger partial charge in [-0.3, -0.25) is 0 Å². The fraction of sp³-hybridized carbons (Fsp3) is 0.500. The number of aryl methyl sites for hydroxylation is 1. The van der Waals surface area contributed by atoms with E-state index in [1.165, 1.54) is 5.56 Å². The highest BCUT2D eigenvalue weighted by molar-refractivity contribution is 5.73. The van der Waals surface area contributed by atoms with E-state index in [0.29, 0.717) is 0 Å². The second-order valence-electron chi connectivity index (χ2n) is 4.49. The van der Waals surface area contributed by atoms with Crippen molar-refractivity contribution >= 4 is 11.1 Å². The standard InChI is InChI=1S/C14H21N3O/c1-11-17-13-10-12(4-5-14(13)18-11)6-9-16-8-3-7-15-2/h4-5,10,15-16H,3,6-9H2,1-2H3. The predicted molar refractivity (Wildman–Crippen MR) is 73.9 cm³/mol. The van der Waals surface area contributed by atoms with E-state index in [9.17, 15) is 0 Å². The Bertz CT molecular complexity index is 493. The van der Waals surface area contributed by atoms with E-state index in [2.05, 4.69) is 27.8 Å². The van der Waals surface area contributed by atoms with Crippen LogP contribution in [0.15, 0.2) is 22.6 Å². The first-order chi connectivity index (χ1) is 8.79. The number of rotatable bonds is 7. The number of hydrogen-bond donors (Lipinski definition) is 2. The summed E-state index contributed by atoms with van der Waals surface area (Å²) in [7, 11) is 1.98. The van der Waals surface area contributed by atoms with Gasteiger partial charge in [-0.25, -0.2) is 4.98 Å². The summed E-state index contributed by atoms with van der Waals surface area (Å²) in [4.78, 5) is 4.35. The number of fused-ring (bicyclic) bond motifs is 1. The van der Waals surface area contributed by atoms with Gasteiger partial charge in [-0.15, -0.1) is 0 Å². The zero-order valence-corrected chi connectivity index (χ0v) is 11.1. The molecule has 0 unspecified atom stereocenters. The molecule has 18 heavy (non-hydrogen) atoms. The summed E-state index contributed by atoms with van der Waals surface area (Å²) >= 11 is 0. The lowest BCUT2D eigenvalue weighted by Crippen LogP contribution is -2.21. The normalized spacial score (nSPS) is 11.2. The monoisotopic (exact) mass is 247 g/mol. The average molecular weight is 247 g/mol. The first-order valence-electron chi connectivity index (χ1n) is 6.51. The minimum Gasteiger partial charge on any atom is -0.441 e. The van der Waals surface area contributed by atoms with Crippen LogP contribution in [0.25, 0.3) is 11.1 Å². The molecule has 0 spiro atoms. The number of hydrogen-bond acceptors (Lipinski definition) is 4. The lowest BCUT2D eigenvalue weighted by molar-refractivity contribution is 0.561. The summed E-state index contributed by atoms with van der Waals surface area (Å²) in [5.74, 6) is 0.729. The molecule has 4 nitrogen and oxygen atoms in total. The first-order valence-corrected chi connectivity index (χ1v) is 6.51. The molecule has 0 saturated carbocycles. The Balaban J connectivity index is 1.80. The number of oxazole rings is 1. The molecular weight excluding hydrogens is 226 g/mol.